The van der Waals surface area contributed by atoms with Gasteiger partial charge in [0.1, 0.15) is 0 Å². The van der Waals surface area contributed by atoms with Gasteiger partial charge in [0, 0.05) is 0 Å². The molecule has 1 aliphatic heterocycles. The Morgan fingerprint density at radius 3 is 1.00 bits per heavy atom. The molecule has 1 fully saturated rings. The van der Waals surface area contributed by atoms with E-state index in [1.807, 2.05) is 0 Å². The number of alkyl halides is 12. The molecule has 1 aliphatic rings. The zero-order chi connectivity index (χ0) is 15.7. The molecule has 0 aromatic rings. The van der Waals surface area contributed by atoms with Crippen molar-refractivity contribution in [2.75, 3.05) is 0 Å². The molecule has 13 heteroatoms. The average molecular weight is 316 g/mol. The minimum absolute atomic E-state index is 1.76. The SMILES string of the molecule is FC(F)(F)C1(C(F)(F)F)C(F)(F)OC(F)(F)C1(F)F. The lowest BCUT2D eigenvalue weighted by Crippen LogP contribution is -2.67. The van der Waals surface area contributed by atoms with E-state index in [2.05, 4.69) is 0 Å². The van der Waals surface area contributed by atoms with Crippen LogP contribution in [-0.4, -0.2) is 30.5 Å². The van der Waals surface area contributed by atoms with Gasteiger partial charge in [0.15, 0.2) is 0 Å². The molecule has 0 aliphatic carbocycles. The lowest BCUT2D eigenvalue weighted by Gasteiger charge is -2.38. The van der Waals surface area contributed by atoms with Gasteiger partial charge in [-0.3, -0.25) is 0 Å². The monoisotopic (exact) mass is 316 g/mol. The predicted octanol–water partition coefficient (Wildman–Crippen LogP) is 3.95. The second-order valence-corrected chi connectivity index (χ2v) is 3.46. The van der Waals surface area contributed by atoms with E-state index in [1.165, 1.54) is 0 Å². The van der Waals surface area contributed by atoms with E-state index >= 15 is 0 Å². The molecule has 1 rings (SSSR count). The Bertz CT molecular complexity index is 361. The summed E-state index contributed by atoms with van der Waals surface area (Å²) >= 11 is 0. The molecular weight excluding hydrogens is 316 g/mol. The number of halogens is 12. The van der Waals surface area contributed by atoms with Crippen molar-refractivity contribution in [3.05, 3.63) is 0 Å². The third-order valence-corrected chi connectivity index (χ3v) is 2.38. The van der Waals surface area contributed by atoms with Gasteiger partial charge in [-0.2, -0.15) is 52.7 Å². The van der Waals surface area contributed by atoms with Crippen LogP contribution >= 0.6 is 0 Å². The van der Waals surface area contributed by atoms with Crippen molar-refractivity contribution in [1.82, 2.24) is 0 Å². The van der Waals surface area contributed by atoms with Crippen LogP contribution in [0.2, 0.25) is 0 Å². The Morgan fingerprint density at radius 1 is 0.579 bits per heavy atom. The van der Waals surface area contributed by atoms with Gasteiger partial charge in [0.25, 0.3) is 0 Å². The van der Waals surface area contributed by atoms with Gasteiger partial charge in [-0.25, -0.2) is 4.74 Å². The molecule has 114 valence electrons. The van der Waals surface area contributed by atoms with Crippen molar-refractivity contribution in [2.45, 2.75) is 30.5 Å². The van der Waals surface area contributed by atoms with Crippen LogP contribution in [0.1, 0.15) is 0 Å². The standard InChI is InChI=1S/C6F12O/c7-2(8)1(3(9,10)11,4(12,13)14)5(15,16)19-6(2,17)18. The maximum absolute atomic E-state index is 12.7. The molecular formula is C6F12O. The Kier molecular flexibility index (Phi) is 2.90. The number of hydrogen-bond acceptors (Lipinski definition) is 1. The predicted molar refractivity (Wildman–Crippen MR) is 30.5 cm³/mol. The maximum atomic E-state index is 12.7. The van der Waals surface area contributed by atoms with Gasteiger partial charge >= 0.3 is 35.9 Å². The topological polar surface area (TPSA) is 9.23 Å². The molecule has 0 atom stereocenters. The zero-order valence-electron chi connectivity index (χ0n) is 7.94. The molecule has 1 nitrogen and oxygen atoms in total. The Balaban J connectivity index is 3.81. The zero-order valence-corrected chi connectivity index (χ0v) is 7.94. The van der Waals surface area contributed by atoms with Gasteiger partial charge in [0.05, 0.1) is 0 Å². The molecule has 0 radical (unpaired) electrons. The molecule has 0 bridgehead atoms. The van der Waals surface area contributed by atoms with E-state index < -0.39 is 35.9 Å². The molecule has 1 saturated heterocycles. The van der Waals surface area contributed by atoms with Crippen LogP contribution in [-0.2, 0) is 4.74 Å². The smallest absolute Gasteiger partial charge is 0.249 e. The van der Waals surface area contributed by atoms with Crippen molar-refractivity contribution < 1.29 is 57.4 Å². The molecule has 0 saturated carbocycles. The quantitative estimate of drug-likeness (QED) is 0.615. The number of ether oxygens (including phenoxy) is 1. The van der Waals surface area contributed by atoms with Crippen LogP contribution < -0.4 is 0 Å². The van der Waals surface area contributed by atoms with E-state index in [-0.39, 0.29) is 0 Å². The highest BCUT2D eigenvalue weighted by atomic mass is 19.4. The molecule has 0 unspecified atom stereocenters. The fraction of sp³-hybridized carbons (Fsp3) is 1.00. The van der Waals surface area contributed by atoms with Crippen LogP contribution in [0.15, 0.2) is 0 Å². The molecule has 0 spiro atoms. The highest BCUT2D eigenvalue weighted by Crippen LogP contribution is 2.74. The second-order valence-electron chi connectivity index (χ2n) is 3.46. The summed E-state index contributed by atoms with van der Waals surface area (Å²) in [6.07, 6.45) is -28.4. The first kappa shape index (κ1) is 16.2. The summed E-state index contributed by atoms with van der Waals surface area (Å²) in [5, 5.41) is 0. The largest absolute Gasteiger partial charge is 0.425 e. The molecule has 1 heterocycles. The van der Waals surface area contributed by atoms with Crippen LogP contribution in [0.25, 0.3) is 0 Å². The van der Waals surface area contributed by atoms with Crippen molar-refractivity contribution in [3.8, 4) is 0 Å². The highest BCUT2D eigenvalue weighted by Gasteiger charge is 3.03. The molecule has 19 heavy (non-hydrogen) atoms. The molecule has 0 aromatic carbocycles. The summed E-state index contributed by atoms with van der Waals surface area (Å²) in [5.41, 5.74) is -7.34. The van der Waals surface area contributed by atoms with Gasteiger partial charge in [-0.05, 0) is 0 Å². The van der Waals surface area contributed by atoms with Crippen molar-refractivity contribution >= 4 is 0 Å². The Labute approximate surface area is 94.7 Å². The fourth-order valence-corrected chi connectivity index (χ4v) is 1.55. The van der Waals surface area contributed by atoms with Crippen LogP contribution in [0.3, 0.4) is 0 Å². The summed E-state index contributed by atoms with van der Waals surface area (Å²) in [5.74, 6) is -7.25. The first-order chi connectivity index (χ1) is 7.96. The minimum atomic E-state index is -7.45. The first-order valence-corrected chi connectivity index (χ1v) is 3.93. The van der Waals surface area contributed by atoms with E-state index in [1.54, 1.807) is 4.74 Å². The van der Waals surface area contributed by atoms with E-state index in [9.17, 15) is 52.7 Å². The van der Waals surface area contributed by atoms with Gasteiger partial charge in [-0.1, -0.05) is 0 Å². The van der Waals surface area contributed by atoms with Gasteiger partial charge < -0.3 is 0 Å². The van der Waals surface area contributed by atoms with E-state index in [4.69, 9.17) is 0 Å². The first-order valence-electron chi connectivity index (χ1n) is 3.93. The minimum Gasteiger partial charge on any atom is -0.249 e. The maximum Gasteiger partial charge on any atom is 0.425 e. The number of rotatable bonds is 0. The van der Waals surface area contributed by atoms with Crippen LogP contribution in [0, 0.1) is 5.41 Å². The lowest BCUT2D eigenvalue weighted by molar-refractivity contribution is -0.454. The molecule has 0 N–H and O–H groups in total. The van der Waals surface area contributed by atoms with Crippen molar-refractivity contribution in [3.63, 3.8) is 0 Å². The summed E-state index contributed by atoms with van der Waals surface area (Å²) < 4.78 is 150. The van der Waals surface area contributed by atoms with Gasteiger partial charge in [0.2, 0.25) is 0 Å². The Hall–Kier alpha value is -0.880. The van der Waals surface area contributed by atoms with Gasteiger partial charge in [-0.15, -0.1) is 0 Å². The summed E-state index contributed by atoms with van der Waals surface area (Å²) in [7, 11) is 0. The average Bonchev–Trinajstić information content (AvgIpc) is 2.03. The normalized spacial score (nSPS) is 28.4. The molecule has 0 aromatic heterocycles. The van der Waals surface area contributed by atoms with Crippen molar-refractivity contribution in [2.24, 2.45) is 5.41 Å². The summed E-state index contributed by atoms with van der Waals surface area (Å²) in [4.78, 5) is 0. The third kappa shape index (κ3) is 1.56. The fourth-order valence-electron chi connectivity index (χ4n) is 1.55. The van der Waals surface area contributed by atoms with E-state index in [0.29, 0.717) is 0 Å². The highest BCUT2D eigenvalue weighted by molar-refractivity contribution is 5.15. The van der Waals surface area contributed by atoms with Crippen LogP contribution in [0.4, 0.5) is 52.7 Å². The number of hydrogen-bond donors (Lipinski definition) is 0. The lowest BCUT2D eigenvalue weighted by atomic mass is 9.79. The van der Waals surface area contributed by atoms with Crippen molar-refractivity contribution in [1.29, 1.82) is 0 Å². The third-order valence-electron chi connectivity index (χ3n) is 2.38. The second kappa shape index (κ2) is 3.41. The van der Waals surface area contributed by atoms with E-state index in [0.717, 1.165) is 0 Å². The summed E-state index contributed by atoms with van der Waals surface area (Å²) in [6.45, 7) is 0. The Morgan fingerprint density at radius 2 is 0.895 bits per heavy atom. The molecule has 0 amide bonds. The van der Waals surface area contributed by atoms with Crippen LogP contribution in [0.5, 0.6) is 0 Å². The summed E-state index contributed by atoms with van der Waals surface area (Å²) in [6, 6.07) is 0.